The number of nitrogens with one attached hydrogen (secondary N) is 1. The molecule has 0 bridgehead atoms. The van der Waals surface area contributed by atoms with Crippen LogP contribution in [0, 0.1) is 5.92 Å². The predicted octanol–water partition coefficient (Wildman–Crippen LogP) is 4.47. The summed E-state index contributed by atoms with van der Waals surface area (Å²) in [4.78, 5) is 34.9. The summed E-state index contributed by atoms with van der Waals surface area (Å²) in [5.74, 6) is -0.422. The van der Waals surface area contributed by atoms with Gasteiger partial charge < -0.3 is 20.0 Å². The van der Waals surface area contributed by atoms with Crippen molar-refractivity contribution >= 4 is 18.3 Å². The van der Waals surface area contributed by atoms with Crippen LogP contribution in [0.2, 0.25) is 0 Å². The minimum Gasteiger partial charge on any atom is -0.480 e. The molecule has 180 valence electrons. The maximum absolute atomic E-state index is 11.3. The SMILES string of the molecule is CCC(C=O)CCCCNC(=O)OC(C)(C)C.CN1CC[C@@H](c2ccccc2)[C@H]1C(=O)O. The molecule has 32 heavy (non-hydrogen) atoms. The number of likely N-dealkylation sites (N-methyl/N-ethyl adjacent to an activating group) is 1. The maximum Gasteiger partial charge on any atom is 0.407 e. The number of carbonyl (C=O) groups is 3. The van der Waals surface area contributed by atoms with Gasteiger partial charge in [-0.3, -0.25) is 9.69 Å². The van der Waals surface area contributed by atoms with E-state index in [0.717, 1.165) is 50.5 Å². The number of unbranched alkanes of at least 4 members (excludes halogenated alkanes) is 1. The summed E-state index contributed by atoms with van der Waals surface area (Å²) in [5, 5.41) is 11.9. The summed E-state index contributed by atoms with van der Waals surface area (Å²) >= 11 is 0. The highest BCUT2D eigenvalue weighted by atomic mass is 16.6. The molecule has 1 aromatic carbocycles. The molecule has 3 atom stereocenters. The van der Waals surface area contributed by atoms with Crippen LogP contribution >= 0.6 is 0 Å². The average Bonchev–Trinajstić information content (AvgIpc) is 3.12. The monoisotopic (exact) mass is 448 g/mol. The van der Waals surface area contributed by atoms with Crippen LogP contribution in [0.3, 0.4) is 0 Å². The highest BCUT2D eigenvalue weighted by Gasteiger charge is 2.37. The van der Waals surface area contributed by atoms with Gasteiger partial charge in [0.1, 0.15) is 17.9 Å². The third-order valence-electron chi connectivity index (χ3n) is 5.52. The summed E-state index contributed by atoms with van der Waals surface area (Å²) in [7, 11) is 1.88. The van der Waals surface area contributed by atoms with Crippen LogP contribution in [-0.2, 0) is 14.3 Å². The van der Waals surface area contributed by atoms with Gasteiger partial charge in [-0.15, -0.1) is 0 Å². The zero-order chi connectivity index (χ0) is 24.1. The number of carboxylic acids is 1. The normalized spacial score (nSPS) is 19.4. The zero-order valence-corrected chi connectivity index (χ0v) is 20.2. The van der Waals surface area contributed by atoms with Crippen LogP contribution < -0.4 is 5.32 Å². The Morgan fingerprint density at radius 2 is 1.91 bits per heavy atom. The van der Waals surface area contributed by atoms with Crippen molar-refractivity contribution in [3.63, 3.8) is 0 Å². The van der Waals surface area contributed by atoms with E-state index in [4.69, 9.17) is 4.74 Å². The highest BCUT2D eigenvalue weighted by molar-refractivity contribution is 5.75. The van der Waals surface area contributed by atoms with Gasteiger partial charge in [0.05, 0.1) is 0 Å². The number of benzene rings is 1. The Morgan fingerprint density at radius 1 is 1.25 bits per heavy atom. The first-order valence-corrected chi connectivity index (χ1v) is 11.5. The van der Waals surface area contributed by atoms with Crippen molar-refractivity contribution in [2.75, 3.05) is 20.1 Å². The van der Waals surface area contributed by atoms with Crippen molar-refractivity contribution < 1.29 is 24.2 Å². The largest absolute Gasteiger partial charge is 0.480 e. The lowest BCUT2D eigenvalue weighted by atomic mass is 9.92. The fourth-order valence-electron chi connectivity index (χ4n) is 3.76. The Hall–Kier alpha value is -2.41. The fourth-order valence-corrected chi connectivity index (χ4v) is 3.76. The van der Waals surface area contributed by atoms with Crippen LogP contribution in [0.25, 0.3) is 0 Å². The quantitative estimate of drug-likeness (QED) is 0.428. The van der Waals surface area contributed by atoms with Crippen LogP contribution in [0.15, 0.2) is 30.3 Å². The molecule has 0 radical (unpaired) electrons. The van der Waals surface area contributed by atoms with E-state index in [2.05, 4.69) is 5.32 Å². The third-order valence-corrected chi connectivity index (χ3v) is 5.52. The molecule has 7 nitrogen and oxygen atoms in total. The van der Waals surface area contributed by atoms with Gasteiger partial charge in [-0.05, 0) is 65.6 Å². The van der Waals surface area contributed by atoms with Gasteiger partial charge in [-0.2, -0.15) is 0 Å². The van der Waals surface area contributed by atoms with E-state index >= 15 is 0 Å². The lowest BCUT2D eigenvalue weighted by molar-refractivity contribution is -0.142. The van der Waals surface area contributed by atoms with Gasteiger partial charge in [-0.25, -0.2) is 4.79 Å². The molecule has 0 saturated carbocycles. The highest BCUT2D eigenvalue weighted by Crippen LogP contribution is 2.32. The van der Waals surface area contributed by atoms with E-state index in [-0.39, 0.29) is 24.0 Å². The van der Waals surface area contributed by atoms with Crippen LogP contribution in [-0.4, -0.2) is 60.1 Å². The summed E-state index contributed by atoms with van der Waals surface area (Å²) in [6.45, 7) is 8.98. The van der Waals surface area contributed by atoms with E-state index in [0.29, 0.717) is 6.54 Å². The Morgan fingerprint density at radius 3 is 2.44 bits per heavy atom. The van der Waals surface area contributed by atoms with Crippen molar-refractivity contribution in [2.45, 2.75) is 77.4 Å². The number of amides is 1. The predicted molar refractivity (Wildman–Crippen MR) is 126 cm³/mol. The Labute approximate surface area is 192 Å². The van der Waals surface area contributed by atoms with Gasteiger partial charge in [0.15, 0.2) is 0 Å². The van der Waals surface area contributed by atoms with Crippen molar-refractivity contribution in [3.05, 3.63) is 35.9 Å². The second kappa shape index (κ2) is 13.9. The summed E-state index contributed by atoms with van der Waals surface area (Å²) in [5.41, 5.74) is 0.684. The van der Waals surface area contributed by atoms with Gasteiger partial charge >= 0.3 is 12.1 Å². The van der Waals surface area contributed by atoms with Crippen molar-refractivity contribution in [3.8, 4) is 0 Å². The molecule has 0 aromatic heterocycles. The number of carboxylic acid groups (broad SMARTS) is 1. The van der Waals surface area contributed by atoms with Crippen LogP contribution in [0.5, 0.6) is 0 Å². The van der Waals surface area contributed by atoms with Gasteiger partial charge in [0.2, 0.25) is 0 Å². The number of likely N-dealkylation sites (tertiary alicyclic amines) is 1. The molecule has 0 aliphatic carbocycles. The molecular weight excluding hydrogens is 408 g/mol. The molecule has 0 spiro atoms. The Balaban J connectivity index is 0.000000321. The topological polar surface area (TPSA) is 95.9 Å². The number of ether oxygens (including phenoxy) is 1. The molecular formula is C25H40N2O5. The number of hydrogen-bond donors (Lipinski definition) is 2. The minimum atomic E-state index is -0.719. The number of alkyl carbamates (subject to hydrolysis) is 1. The van der Waals surface area contributed by atoms with E-state index in [1.807, 2.05) is 70.0 Å². The Bertz CT molecular complexity index is 702. The Kier molecular flexibility index (Phi) is 12.0. The summed E-state index contributed by atoms with van der Waals surface area (Å²) < 4.78 is 5.10. The molecule has 2 rings (SSSR count). The molecule has 1 aliphatic heterocycles. The van der Waals surface area contributed by atoms with E-state index in [1.54, 1.807) is 0 Å². The lowest BCUT2D eigenvalue weighted by Crippen LogP contribution is -2.36. The van der Waals surface area contributed by atoms with Crippen LogP contribution in [0.4, 0.5) is 4.79 Å². The number of nitrogens with zero attached hydrogens (tertiary/aromatic N) is 1. The molecule has 1 heterocycles. The third kappa shape index (κ3) is 10.3. The first kappa shape index (κ1) is 27.6. The second-order valence-electron chi connectivity index (χ2n) is 9.30. The van der Waals surface area contributed by atoms with E-state index < -0.39 is 11.6 Å². The number of carbonyl (C=O) groups excluding carboxylic acids is 2. The maximum atomic E-state index is 11.3. The molecule has 1 amide bonds. The first-order chi connectivity index (χ1) is 15.1. The van der Waals surface area contributed by atoms with E-state index in [9.17, 15) is 19.5 Å². The van der Waals surface area contributed by atoms with Gasteiger partial charge in [-0.1, -0.05) is 43.7 Å². The molecule has 1 fully saturated rings. The van der Waals surface area contributed by atoms with Crippen molar-refractivity contribution in [1.82, 2.24) is 10.2 Å². The number of rotatable bonds is 9. The van der Waals surface area contributed by atoms with Gasteiger partial charge in [0, 0.05) is 18.4 Å². The fraction of sp³-hybridized carbons (Fsp3) is 0.640. The molecule has 2 N–H and O–H groups in total. The molecule has 1 saturated heterocycles. The molecule has 7 heteroatoms. The molecule has 1 aromatic rings. The standard InChI is InChI=1S/C13H25NO3.C12H15NO2/c1-5-11(10-15)8-6-7-9-14-12(16)17-13(2,3)4;1-13-8-7-10(11(13)12(14)15)9-5-3-2-4-6-9/h10-11H,5-9H2,1-4H3,(H,14,16);2-6,10-11H,7-8H2,1H3,(H,14,15)/t;10-,11-/m.0/s1. The van der Waals surface area contributed by atoms with Crippen molar-refractivity contribution in [1.29, 1.82) is 0 Å². The second-order valence-corrected chi connectivity index (χ2v) is 9.30. The number of aldehydes is 1. The minimum absolute atomic E-state index is 0.133. The first-order valence-electron chi connectivity index (χ1n) is 11.5. The zero-order valence-electron chi connectivity index (χ0n) is 20.2. The summed E-state index contributed by atoms with van der Waals surface area (Å²) in [6, 6.07) is 9.55. The number of aliphatic carboxylic acids is 1. The van der Waals surface area contributed by atoms with Gasteiger partial charge in [0.25, 0.3) is 0 Å². The molecule has 1 unspecified atom stereocenters. The molecule has 1 aliphatic rings. The van der Waals surface area contributed by atoms with Crippen LogP contribution in [0.1, 0.15) is 71.3 Å². The van der Waals surface area contributed by atoms with Crippen molar-refractivity contribution in [2.24, 2.45) is 5.92 Å². The lowest BCUT2D eigenvalue weighted by Gasteiger charge is -2.20. The number of hydrogen-bond acceptors (Lipinski definition) is 5. The summed E-state index contributed by atoms with van der Waals surface area (Å²) in [6.07, 6.45) is 5.19. The smallest absolute Gasteiger partial charge is 0.407 e. The average molecular weight is 449 g/mol. The van der Waals surface area contributed by atoms with E-state index in [1.165, 1.54) is 0 Å².